The van der Waals surface area contributed by atoms with Gasteiger partial charge >= 0.3 is 0 Å². The van der Waals surface area contributed by atoms with Crippen molar-refractivity contribution in [3.05, 3.63) is 59.7 Å². The molecule has 3 fully saturated rings. The summed E-state index contributed by atoms with van der Waals surface area (Å²) in [5.41, 5.74) is 2.68. The SMILES string of the molecule is CCC(C)c1ccc(O)cc1.CCC(C)c1ccc(OC(C)OC2CC3CC2C2CCCC32)cc1. The molecule has 0 heterocycles. The van der Waals surface area contributed by atoms with Crippen LogP contribution < -0.4 is 4.74 Å². The molecule has 2 aromatic carbocycles. The van der Waals surface area contributed by atoms with Crippen LogP contribution in [0, 0.1) is 23.7 Å². The average Bonchev–Trinajstić information content (AvgIpc) is 3.59. The van der Waals surface area contributed by atoms with Crippen LogP contribution in [0.4, 0.5) is 0 Å². The molecule has 1 N–H and O–H groups in total. The Morgan fingerprint density at radius 2 is 1.34 bits per heavy atom. The van der Waals surface area contributed by atoms with Gasteiger partial charge in [0.25, 0.3) is 0 Å². The Morgan fingerprint density at radius 1 is 0.771 bits per heavy atom. The van der Waals surface area contributed by atoms with Crippen molar-refractivity contribution < 1.29 is 14.6 Å². The second kappa shape index (κ2) is 11.8. The molecule has 3 aliphatic carbocycles. The van der Waals surface area contributed by atoms with Crippen LogP contribution in [0.15, 0.2) is 48.5 Å². The van der Waals surface area contributed by atoms with Crippen molar-refractivity contribution in [2.45, 2.75) is 104 Å². The third-order valence-electron chi connectivity index (χ3n) is 9.17. The Labute approximate surface area is 213 Å². The minimum absolute atomic E-state index is 0.149. The molecule has 8 unspecified atom stereocenters. The van der Waals surface area contributed by atoms with Crippen molar-refractivity contribution in [3.63, 3.8) is 0 Å². The molecule has 35 heavy (non-hydrogen) atoms. The fourth-order valence-corrected chi connectivity index (χ4v) is 6.78. The van der Waals surface area contributed by atoms with Gasteiger partial charge in [-0.1, -0.05) is 58.4 Å². The van der Waals surface area contributed by atoms with Crippen LogP contribution in [0.5, 0.6) is 11.5 Å². The molecule has 0 radical (unpaired) electrons. The van der Waals surface area contributed by atoms with E-state index in [-0.39, 0.29) is 6.29 Å². The molecular formula is C32H46O3. The summed E-state index contributed by atoms with van der Waals surface area (Å²) in [5.74, 6) is 6.20. The van der Waals surface area contributed by atoms with Crippen molar-refractivity contribution in [2.75, 3.05) is 0 Å². The van der Waals surface area contributed by atoms with Gasteiger partial charge in [-0.25, -0.2) is 0 Å². The van der Waals surface area contributed by atoms with Crippen LogP contribution >= 0.6 is 0 Å². The average molecular weight is 479 g/mol. The highest BCUT2D eigenvalue weighted by Crippen LogP contribution is 2.59. The molecule has 8 atom stereocenters. The molecule has 2 bridgehead atoms. The van der Waals surface area contributed by atoms with Gasteiger partial charge in [0.05, 0.1) is 6.10 Å². The fraction of sp³-hybridized carbons (Fsp3) is 0.625. The lowest BCUT2D eigenvalue weighted by molar-refractivity contribution is -0.132. The maximum atomic E-state index is 9.01. The topological polar surface area (TPSA) is 38.7 Å². The summed E-state index contributed by atoms with van der Waals surface area (Å²) in [6.45, 7) is 10.9. The summed E-state index contributed by atoms with van der Waals surface area (Å²) in [7, 11) is 0. The summed E-state index contributed by atoms with van der Waals surface area (Å²) >= 11 is 0. The maximum Gasteiger partial charge on any atom is 0.197 e. The van der Waals surface area contributed by atoms with Gasteiger partial charge in [-0.3, -0.25) is 0 Å². The minimum Gasteiger partial charge on any atom is -0.508 e. The van der Waals surface area contributed by atoms with E-state index in [9.17, 15) is 0 Å². The predicted molar refractivity (Wildman–Crippen MR) is 144 cm³/mol. The van der Waals surface area contributed by atoms with Gasteiger partial charge in [0.15, 0.2) is 6.29 Å². The normalized spacial score (nSPS) is 29.1. The Kier molecular flexibility index (Phi) is 8.81. The molecule has 3 heteroatoms. The van der Waals surface area contributed by atoms with Crippen LogP contribution in [0.2, 0.25) is 0 Å². The van der Waals surface area contributed by atoms with E-state index in [1.54, 1.807) is 12.1 Å². The summed E-state index contributed by atoms with van der Waals surface area (Å²) in [6, 6.07) is 16.0. The van der Waals surface area contributed by atoms with E-state index >= 15 is 0 Å². The van der Waals surface area contributed by atoms with Gasteiger partial charge in [-0.2, -0.15) is 0 Å². The van der Waals surface area contributed by atoms with Crippen molar-refractivity contribution in [1.29, 1.82) is 0 Å². The van der Waals surface area contributed by atoms with Crippen LogP contribution in [0.1, 0.15) is 103 Å². The molecule has 3 aliphatic rings. The number of fused-ring (bicyclic) bond motifs is 5. The smallest absolute Gasteiger partial charge is 0.197 e. The van der Waals surface area contributed by atoms with Crippen molar-refractivity contribution >= 4 is 0 Å². The van der Waals surface area contributed by atoms with Crippen molar-refractivity contribution in [2.24, 2.45) is 23.7 Å². The second-order valence-electron chi connectivity index (χ2n) is 11.3. The van der Waals surface area contributed by atoms with E-state index in [0.717, 1.165) is 35.8 Å². The number of aromatic hydroxyl groups is 1. The fourth-order valence-electron chi connectivity index (χ4n) is 6.78. The highest BCUT2D eigenvalue weighted by atomic mass is 16.7. The number of rotatable bonds is 8. The van der Waals surface area contributed by atoms with Gasteiger partial charge in [0.1, 0.15) is 11.5 Å². The second-order valence-corrected chi connectivity index (χ2v) is 11.3. The third-order valence-corrected chi connectivity index (χ3v) is 9.17. The minimum atomic E-state index is -0.149. The lowest BCUT2D eigenvalue weighted by Gasteiger charge is -2.33. The molecule has 2 aromatic rings. The maximum absolute atomic E-state index is 9.01. The molecule has 0 saturated heterocycles. The first-order valence-corrected chi connectivity index (χ1v) is 14.1. The molecule has 0 amide bonds. The van der Waals surface area contributed by atoms with E-state index in [2.05, 4.69) is 58.9 Å². The Balaban J connectivity index is 0.000000221. The lowest BCUT2D eigenvalue weighted by atomic mass is 9.80. The Hall–Kier alpha value is -2.00. The third kappa shape index (κ3) is 6.23. The first-order valence-electron chi connectivity index (χ1n) is 14.1. The largest absolute Gasteiger partial charge is 0.508 e. The first-order chi connectivity index (χ1) is 16.9. The van der Waals surface area contributed by atoms with Gasteiger partial charge in [-0.05, 0) is 116 Å². The van der Waals surface area contributed by atoms with Crippen LogP contribution in [-0.2, 0) is 4.74 Å². The molecule has 192 valence electrons. The summed E-state index contributed by atoms with van der Waals surface area (Å²) in [4.78, 5) is 0. The van der Waals surface area contributed by atoms with Gasteiger partial charge < -0.3 is 14.6 Å². The summed E-state index contributed by atoms with van der Waals surface area (Å²) in [5, 5.41) is 9.01. The van der Waals surface area contributed by atoms with Gasteiger partial charge in [0.2, 0.25) is 0 Å². The summed E-state index contributed by atoms with van der Waals surface area (Å²) in [6.07, 6.45) is 9.65. The molecule has 0 aromatic heterocycles. The standard InChI is InChI=1S/C22H32O2.C10H14O/c1-4-14(2)16-8-10-18(11-9-16)23-15(3)24-22-13-17-12-21(22)20-7-5-6-19(17)20;1-3-8(2)9-4-6-10(11)7-5-9/h8-11,14-15,17,19-22H,4-7,12-13H2,1-3H3;4-8,11H,3H2,1-2H3. The van der Waals surface area contributed by atoms with E-state index in [1.807, 2.05) is 12.1 Å². The van der Waals surface area contributed by atoms with Crippen LogP contribution in [0.25, 0.3) is 0 Å². The van der Waals surface area contributed by atoms with E-state index in [0.29, 0.717) is 23.7 Å². The quantitative estimate of drug-likeness (QED) is 0.386. The lowest BCUT2D eigenvalue weighted by Crippen LogP contribution is -2.34. The summed E-state index contributed by atoms with van der Waals surface area (Å²) < 4.78 is 12.4. The number of ether oxygens (including phenoxy) is 2. The monoisotopic (exact) mass is 478 g/mol. The van der Waals surface area contributed by atoms with E-state index in [4.69, 9.17) is 14.6 Å². The number of phenolic OH excluding ortho intramolecular Hbond substituents is 1. The first kappa shape index (κ1) is 26.1. The zero-order valence-corrected chi connectivity index (χ0v) is 22.5. The van der Waals surface area contributed by atoms with E-state index in [1.165, 1.54) is 49.7 Å². The zero-order chi connectivity index (χ0) is 24.9. The number of benzene rings is 2. The molecule has 3 saturated carbocycles. The van der Waals surface area contributed by atoms with Crippen molar-refractivity contribution in [1.82, 2.24) is 0 Å². The Bertz CT molecular complexity index is 905. The molecular weight excluding hydrogens is 432 g/mol. The molecule has 5 rings (SSSR count). The van der Waals surface area contributed by atoms with Gasteiger partial charge in [0, 0.05) is 0 Å². The Morgan fingerprint density at radius 3 is 1.94 bits per heavy atom. The number of hydrogen-bond acceptors (Lipinski definition) is 3. The highest BCUT2D eigenvalue weighted by Gasteiger charge is 2.54. The van der Waals surface area contributed by atoms with Gasteiger partial charge in [-0.15, -0.1) is 0 Å². The van der Waals surface area contributed by atoms with E-state index < -0.39 is 0 Å². The van der Waals surface area contributed by atoms with Crippen LogP contribution in [0.3, 0.4) is 0 Å². The molecule has 0 spiro atoms. The molecule has 3 nitrogen and oxygen atoms in total. The number of hydrogen-bond donors (Lipinski definition) is 1. The zero-order valence-electron chi connectivity index (χ0n) is 22.5. The van der Waals surface area contributed by atoms with Crippen LogP contribution in [-0.4, -0.2) is 17.5 Å². The van der Waals surface area contributed by atoms with Crippen molar-refractivity contribution in [3.8, 4) is 11.5 Å². The molecule has 0 aliphatic heterocycles. The highest BCUT2D eigenvalue weighted by molar-refractivity contribution is 5.29. The predicted octanol–water partition coefficient (Wildman–Crippen LogP) is 8.67. The number of phenols is 1.